The molecular formula is C10H12N2O. The van der Waals surface area contributed by atoms with E-state index in [1.165, 1.54) is 0 Å². The Labute approximate surface area is 77.5 Å². The maximum atomic E-state index is 11.3. The molecule has 0 aliphatic heterocycles. The van der Waals surface area contributed by atoms with Gasteiger partial charge in [0.25, 0.3) is 5.91 Å². The monoisotopic (exact) mass is 176 g/mol. The number of carbonyl (C=O) groups excluding carboxylic acids is 1. The third kappa shape index (κ3) is 2.15. The molecule has 0 atom stereocenters. The summed E-state index contributed by atoms with van der Waals surface area (Å²) in [5, 5.41) is 2.57. The topological polar surface area (TPSA) is 41.5 Å². The van der Waals surface area contributed by atoms with E-state index in [1.54, 1.807) is 19.3 Å². The second kappa shape index (κ2) is 4.40. The first-order valence-corrected chi connectivity index (χ1v) is 4.09. The molecule has 0 radical (unpaired) electrons. The minimum absolute atomic E-state index is 0.110. The molecule has 0 aromatic heterocycles. The number of hydrogen-bond donors (Lipinski definition) is 1. The Morgan fingerprint density at radius 2 is 2.15 bits per heavy atom. The second-order valence-corrected chi connectivity index (χ2v) is 2.48. The Kier molecular flexibility index (Phi) is 3.20. The average molecular weight is 176 g/mol. The van der Waals surface area contributed by atoms with E-state index in [2.05, 4.69) is 10.3 Å². The molecule has 3 nitrogen and oxygen atoms in total. The van der Waals surface area contributed by atoms with E-state index in [1.807, 2.05) is 25.1 Å². The first-order chi connectivity index (χ1) is 6.29. The molecule has 0 heterocycles. The van der Waals surface area contributed by atoms with E-state index in [0.29, 0.717) is 11.3 Å². The summed E-state index contributed by atoms with van der Waals surface area (Å²) < 4.78 is 0. The normalized spacial score (nSPS) is 10.3. The van der Waals surface area contributed by atoms with Gasteiger partial charge in [0.05, 0.1) is 11.3 Å². The summed E-state index contributed by atoms with van der Waals surface area (Å²) in [5.41, 5.74) is 1.30. The van der Waals surface area contributed by atoms with Gasteiger partial charge in [-0.3, -0.25) is 9.79 Å². The Bertz CT molecular complexity index is 331. The van der Waals surface area contributed by atoms with Crippen LogP contribution in [0.2, 0.25) is 0 Å². The number of rotatable bonds is 2. The van der Waals surface area contributed by atoms with Gasteiger partial charge in [0.1, 0.15) is 0 Å². The SMILES string of the molecule is CC=Nc1ccccc1C(=O)NC. The molecule has 0 unspecified atom stereocenters. The summed E-state index contributed by atoms with van der Waals surface area (Å²) in [6, 6.07) is 7.24. The van der Waals surface area contributed by atoms with Crippen LogP contribution in [-0.4, -0.2) is 19.2 Å². The van der Waals surface area contributed by atoms with Crippen LogP contribution in [0.1, 0.15) is 17.3 Å². The third-order valence-corrected chi connectivity index (χ3v) is 1.64. The highest BCUT2D eigenvalue weighted by Crippen LogP contribution is 2.17. The molecule has 0 bridgehead atoms. The smallest absolute Gasteiger partial charge is 0.253 e. The molecule has 1 N–H and O–H groups in total. The van der Waals surface area contributed by atoms with Crippen LogP contribution < -0.4 is 5.32 Å². The number of para-hydroxylation sites is 1. The maximum Gasteiger partial charge on any atom is 0.253 e. The molecule has 68 valence electrons. The first-order valence-electron chi connectivity index (χ1n) is 4.09. The number of carbonyl (C=O) groups is 1. The lowest BCUT2D eigenvalue weighted by Crippen LogP contribution is -2.17. The van der Waals surface area contributed by atoms with Gasteiger partial charge in [-0.15, -0.1) is 0 Å². The van der Waals surface area contributed by atoms with Crippen LogP contribution in [0.4, 0.5) is 5.69 Å². The van der Waals surface area contributed by atoms with Crippen molar-refractivity contribution in [1.82, 2.24) is 5.32 Å². The summed E-state index contributed by atoms with van der Waals surface area (Å²) in [6.07, 6.45) is 1.67. The van der Waals surface area contributed by atoms with Crippen LogP contribution >= 0.6 is 0 Å². The van der Waals surface area contributed by atoms with Crippen LogP contribution in [0.25, 0.3) is 0 Å². The molecule has 3 heteroatoms. The van der Waals surface area contributed by atoms with Gasteiger partial charge in [-0.05, 0) is 19.1 Å². The third-order valence-electron chi connectivity index (χ3n) is 1.64. The standard InChI is InChI=1S/C10H12N2O/c1-3-12-9-7-5-4-6-8(9)10(13)11-2/h3-7H,1-2H3,(H,11,13). The molecule has 0 spiro atoms. The van der Waals surface area contributed by atoms with E-state index in [0.717, 1.165) is 0 Å². The number of nitrogens with one attached hydrogen (secondary N) is 1. The van der Waals surface area contributed by atoms with Crippen molar-refractivity contribution in [1.29, 1.82) is 0 Å². The van der Waals surface area contributed by atoms with Crippen LogP contribution in [-0.2, 0) is 0 Å². The number of amides is 1. The number of aliphatic imine (C=N–C) groups is 1. The zero-order valence-corrected chi connectivity index (χ0v) is 7.74. The highest BCUT2D eigenvalue weighted by atomic mass is 16.1. The molecule has 0 fully saturated rings. The van der Waals surface area contributed by atoms with Gasteiger partial charge in [-0.1, -0.05) is 12.1 Å². The molecule has 0 saturated heterocycles. The van der Waals surface area contributed by atoms with E-state index in [-0.39, 0.29) is 5.91 Å². The van der Waals surface area contributed by atoms with E-state index >= 15 is 0 Å². The molecule has 0 saturated carbocycles. The zero-order valence-electron chi connectivity index (χ0n) is 7.74. The lowest BCUT2D eigenvalue weighted by Gasteiger charge is -2.02. The van der Waals surface area contributed by atoms with E-state index < -0.39 is 0 Å². The van der Waals surface area contributed by atoms with Crippen molar-refractivity contribution < 1.29 is 4.79 Å². The van der Waals surface area contributed by atoms with Gasteiger partial charge in [-0.25, -0.2) is 0 Å². The highest BCUT2D eigenvalue weighted by Gasteiger charge is 2.06. The highest BCUT2D eigenvalue weighted by molar-refractivity contribution is 5.99. The number of hydrogen-bond acceptors (Lipinski definition) is 2. The minimum atomic E-state index is -0.110. The quantitative estimate of drug-likeness (QED) is 0.685. The van der Waals surface area contributed by atoms with Crippen molar-refractivity contribution in [3.8, 4) is 0 Å². The van der Waals surface area contributed by atoms with Gasteiger partial charge in [-0.2, -0.15) is 0 Å². The van der Waals surface area contributed by atoms with Crippen molar-refractivity contribution in [2.45, 2.75) is 6.92 Å². The summed E-state index contributed by atoms with van der Waals surface area (Å²) in [6.45, 7) is 1.82. The first kappa shape index (κ1) is 9.45. The van der Waals surface area contributed by atoms with Crippen molar-refractivity contribution in [2.24, 2.45) is 4.99 Å². The fourth-order valence-electron chi connectivity index (χ4n) is 1.05. The molecular weight excluding hydrogens is 164 g/mol. The predicted molar refractivity (Wildman–Crippen MR) is 53.7 cm³/mol. The number of benzene rings is 1. The van der Waals surface area contributed by atoms with Gasteiger partial charge in [0.2, 0.25) is 0 Å². The maximum absolute atomic E-state index is 11.3. The molecule has 1 aromatic rings. The number of nitrogens with zero attached hydrogens (tertiary/aromatic N) is 1. The predicted octanol–water partition coefficient (Wildman–Crippen LogP) is 1.77. The average Bonchev–Trinajstić information content (AvgIpc) is 2.18. The van der Waals surface area contributed by atoms with E-state index in [9.17, 15) is 4.79 Å². The fourth-order valence-corrected chi connectivity index (χ4v) is 1.05. The van der Waals surface area contributed by atoms with Gasteiger partial charge in [0, 0.05) is 13.3 Å². The summed E-state index contributed by atoms with van der Waals surface area (Å²) >= 11 is 0. The summed E-state index contributed by atoms with van der Waals surface area (Å²) in [5.74, 6) is -0.110. The Hall–Kier alpha value is -1.64. The Morgan fingerprint density at radius 1 is 1.46 bits per heavy atom. The largest absolute Gasteiger partial charge is 0.355 e. The lowest BCUT2D eigenvalue weighted by atomic mass is 10.1. The molecule has 13 heavy (non-hydrogen) atoms. The van der Waals surface area contributed by atoms with Crippen LogP contribution in [0, 0.1) is 0 Å². The molecule has 0 aliphatic rings. The molecule has 0 aliphatic carbocycles. The van der Waals surface area contributed by atoms with Gasteiger partial charge >= 0.3 is 0 Å². The molecule has 1 aromatic carbocycles. The lowest BCUT2D eigenvalue weighted by molar-refractivity contribution is 0.0964. The zero-order chi connectivity index (χ0) is 9.68. The second-order valence-electron chi connectivity index (χ2n) is 2.48. The van der Waals surface area contributed by atoms with Gasteiger partial charge in [0.15, 0.2) is 0 Å². The van der Waals surface area contributed by atoms with Crippen molar-refractivity contribution in [2.75, 3.05) is 7.05 Å². The van der Waals surface area contributed by atoms with E-state index in [4.69, 9.17) is 0 Å². The summed E-state index contributed by atoms with van der Waals surface area (Å²) in [7, 11) is 1.61. The van der Waals surface area contributed by atoms with Gasteiger partial charge < -0.3 is 5.32 Å². The fraction of sp³-hybridized carbons (Fsp3) is 0.200. The molecule has 1 rings (SSSR count). The minimum Gasteiger partial charge on any atom is -0.355 e. The molecule has 1 amide bonds. The Morgan fingerprint density at radius 3 is 2.77 bits per heavy atom. The van der Waals surface area contributed by atoms with Crippen molar-refractivity contribution in [3.63, 3.8) is 0 Å². The van der Waals surface area contributed by atoms with Crippen molar-refractivity contribution >= 4 is 17.8 Å². The van der Waals surface area contributed by atoms with Crippen molar-refractivity contribution in [3.05, 3.63) is 29.8 Å². The Balaban J connectivity index is 3.11. The van der Waals surface area contributed by atoms with Crippen LogP contribution in [0.3, 0.4) is 0 Å². The summed E-state index contributed by atoms with van der Waals surface area (Å²) in [4.78, 5) is 15.4. The van der Waals surface area contributed by atoms with Crippen LogP contribution in [0.15, 0.2) is 29.3 Å². The van der Waals surface area contributed by atoms with Crippen LogP contribution in [0.5, 0.6) is 0 Å².